The number of unbranched alkanes of at least 4 members (excludes halogenated alkanes) is 25. The van der Waals surface area contributed by atoms with Gasteiger partial charge in [-0.05, 0) is 51.4 Å². The molecule has 9 heteroatoms. The average molecular weight is 880 g/mol. The zero-order valence-corrected chi connectivity index (χ0v) is 41.5. The van der Waals surface area contributed by atoms with Gasteiger partial charge in [0.15, 0.2) is 0 Å². The van der Waals surface area contributed by atoms with Gasteiger partial charge in [-0.25, -0.2) is 4.57 Å². The van der Waals surface area contributed by atoms with Crippen LogP contribution in [0.25, 0.3) is 0 Å². The number of hydrogen-bond acceptors (Lipinski definition) is 5. The Kier molecular flexibility index (Phi) is 42.6. The van der Waals surface area contributed by atoms with Crippen LogP contribution in [0.5, 0.6) is 0 Å². The minimum atomic E-state index is -4.32. The first-order chi connectivity index (χ1) is 29.5. The number of aliphatic hydroxyl groups is 1. The van der Waals surface area contributed by atoms with Gasteiger partial charge < -0.3 is 19.8 Å². The van der Waals surface area contributed by atoms with Gasteiger partial charge in [0.05, 0.1) is 39.9 Å². The summed E-state index contributed by atoms with van der Waals surface area (Å²) in [6, 6.07) is -0.770. The van der Waals surface area contributed by atoms with Crippen LogP contribution in [0.1, 0.15) is 226 Å². The van der Waals surface area contributed by atoms with Crippen molar-refractivity contribution in [1.29, 1.82) is 0 Å². The van der Waals surface area contributed by atoms with Crippen LogP contribution < -0.4 is 5.32 Å². The highest BCUT2D eigenvalue weighted by molar-refractivity contribution is 7.47. The molecule has 3 N–H and O–H groups in total. The molecule has 1 amide bonds. The fraction of sp³-hybridized carbons (Fsp3) is 0.827. The number of nitrogens with zero attached hydrogens (tertiary/aromatic N) is 1. The van der Waals surface area contributed by atoms with E-state index in [-0.39, 0.29) is 19.1 Å². The van der Waals surface area contributed by atoms with E-state index < -0.39 is 20.0 Å². The van der Waals surface area contributed by atoms with Gasteiger partial charge in [0.25, 0.3) is 0 Å². The first-order valence-corrected chi connectivity index (χ1v) is 27.0. The second kappa shape index (κ2) is 43.7. The van der Waals surface area contributed by atoms with E-state index in [9.17, 15) is 19.4 Å². The maximum Gasteiger partial charge on any atom is 0.472 e. The molecule has 358 valence electrons. The van der Waals surface area contributed by atoms with Gasteiger partial charge in [-0.3, -0.25) is 13.8 Å². The molecule has 0 aliphatic carbocycles. The molecule has 0 aromatic carbocycles. The third-order valence-corrected chi connectivity index (χ3v) is 12.3. The average Bonchev–Trinajstić information content (AvgIpc) is 3.21. The number of likely N-dealkylation sites (N-methyl/N-ethyl adjacent to an activating group) is 1. The highest BCUT2D eigenvalue weighted by Crippen LogP contribution is 2.43. The molecule has 0 bridgehead atoms. The summed E-state index contributed by atoms with van der Waals surface area (Å²) in [6.45, 7) is 4.78. The predicted octanol–water partition coefficient (Wildman–Crippen LogP) is 14.8. The third-order valence-electron chi connectivity index (χ3n) is 11.3. The van der Waals surface area contributed by atoms with Crippen LogP contribution in [0.3, 0.4) is 0 Å². The fourth-order valence-electron chi connectivity index (χ4n) is 7.33. The summed E-state index contributed by atoms with van der Waals surface area (Å²) >= 11 is 0. The summed E-state index contributed by atoms with van der Waals surface area (Å²) in [6.07, 6.45) is 55.7. The molecular weight excluding hydrogens is 780 g/mol. The molecule has 0 saturated carbocycles. The van der Waals surface area contributed by atoms with E-state index in [1.165, 1.54) is 122 Å². The number of phosphoric ester groups is 1. The molecule has 8 nitrogen and oxygen atoms in total. The van der Waals surface area contributed by atoms with Crippen molar-refractivity contribution in [3.63, 3.8) is 0 Å². The van der Waals surface area contributed by atoms with E-state index in [1.807, 2.05) is 21.1 Å². The molecule has 0 radical (unpaired) electrons. The molecule has 0 rings (SSSR count). The van der Waals surface area contributed by atoms with Gasteiger partial charge in [0, 0.05) is 6.42 Å². The molecule has 0 aliphatic heterocycles. The number of allylic oxidation sites excluding steroid dienone is 8. The van der Waals surface area contributed by atoms with Crippen LogP contribution in [-0.2, 0) is 18.4 Å². The van der Waals surface area contributed by atoms with Crippen LogP contribution in [-0.4, -0.2) is 73.4 Å². The zero-order chi connectivity index (χ0) is 45.0. The Morgan fingerprint density at radius 3 is 1.44 bits per heavy atom. The van der Waals surface area contributed by atoms with Gasteiger partial charge in [-0.15, -0.1) is 0 Å². The molecule has 0 heterocycles. The smallest absolute Gasteiger partial charge is 0.391 e. The minimum absolute atomic E-state index is 0.0701. The zero-order valence-electron chi connectivity index (χ0n) is 40.7. The number of phosphoric acid groups is 1. The highest BCUT2D eigenvalue weighted by atomic mass is 31.2. The lowest BCUT2D eigenvalue weighted by Gasteiger charge is -2.26. The van der Waals surface area contributed by atoms with E-state index >= 15 is 0 Å². The van der Waals surface area contributed by atoms with Gasteiger partial charge in [-0.1, -0.05) is 217 Å². The topological polar surface area (TPSA) is 105 Å². The van der Waals surface area contributed by atoms with Gasteiger partial charge >= 0.3 is 7.82 Å². The first-order valence-electron chi connectivity index (χ1n) is 25.5. The Hall–Kier alpha value is -1.54. The number of hydrogen-bond donors (Lipinski definition) is 3. The molecule has 0 aromatic rings. The standard InChI is InChI=1S/C52H99N2O6P/c1-6-8-10-12-14-16-18-20-22-24-26-28-29-31-33-35-37-39-41-43-45-51(55)50(49-60-61(57,58)59-48-47-54(3,4)5)53-52(56)46-44-42-40-38-36-34-32-30-27-25-23-21-19-17-15-13-11-9-7-2/h9,11,15,17,21,23,27,30,50-51,55H,6-8,10,12-14,16,18-20,22,24-26,28-29,31-49H2,1-5H3,(H-,53,56,57,58)/p+1/b11-9-,17-15-,23-21-,30-27-. The second-order valence-corrected chi connectivity index (χ2v) is 20.0. The van der Waals surface area contributed by atoms with E-state index in [0.29, 0.717) is 23.9 Å². The molecule has 0 saturated heterocycles. The predicted molar refractivity (Wildman–Crippen MR) is 263 cm³/mol. The molecule has 3 atom stereocenters. The van der Waals surface area contributed by atoms with Crippen LogP contribution in [0.15, 0.2) is 48.6 Å². The normalized spacial score (nSPS) is 14.5. The summed E-state index contributed by atoms with van der Waals surface area (Å²) in [7, 11) is 1.60. The summed E-state index contributed by atoms with van der Waals surface area (Å²) in [5, 5.41) is 14.0. The van der Waals surface area contributed by atoms with Crippen molar-refractivity contribution in [2.45, 2.75) is 238 Å². The third kappa shape index (κ3) is 46.3. The van der Waals surface area contributed by atoms with Crippen LogP contribution >= 0.6 is 7.82 Å². The van der Waals surface area contributed by atoms with Crippen molar-refractivity contribution < 1.29 is 32.9 Å². The monoisotopic (exact) mass is 880 g/mol. The Morgan fingerprint density at radius 2 is 0.984 bits per heavy atom. The first kappa shape index (κ1) is 59.5. The quantitative estimate of drug-likeness (QED) is 0.0243. The van der Waals surface area contributed by atoms with Crippen molar-refractivity contribution in [2.75, 3.05) is 40.9 Å². The van der Waals surface area contributed by atoms with Crippen molar-refractivity contribution in [2.24, 2.45) is 0 Å². The Balaban J connectivity index is 4.30. The van der Waals surface area contributed by atoms with Crippen LogP contribution in [0.2, 0.25) is 0 Å². The number of amides is 1. The Bertz CT molecular complexity index is 1130. The molecule has 61 heavy (non-hydrogen) atoms. The van der Waals surface area contributed by atoms with E-state index in [0.717, 1.165) is 77.0 Å². The lowest BCUT2D eigenvalue weighted by molar-refractivity contribution is -0.870. The lowest BCUT2D eigenvalue weighted by atomic mass is 10.0. The van der Waals surface area contributed by atoms with Gasteiger partial charge in [0.2, 0.25) is 5.91 Å². The summed E-state index contributed by atoms with van der Waals surface area (Å²) in [4.78, 5) is 23.2. The maximum absolute atomic E-state index is 12.9. The number of carbonyl (C=O) groups is 1. The summed E-state index contributed by atoms with van der Waals surface area (Å²) in [5.74, 6) is -0.158. The second-order valence-electron chi connectivity index (χ2n) is 18.5. The molecule has 0 aliphatic rings. The number of rotatable bonds is 46. The van der Waals surface area contributed by atoms with Crippen molar-refractivity contribution >= 4 is 13.7 Å². The van der Waals surface area contributed by atoms with Crippen LogP contribution in [0.4, 0.5) is 0 Å². The lowest BCUT2D eigenvalue weighted by Crippen LogP contribution is -2.46. The van der Waals surface area contributed by atoms with Crippen molar-refractivity contribution in [3.8, 4) is 0 Å². The Labute approximate surface area is 378 Å². The van der Waals surface area contributed by atoms with E-state index in [2.05, 4.69) is 67.8 Å². The molecule has 0 fully saturated rings. The maximum atomic E-state index is 12.9. The van der Waals surface area contributed by atoms with E-state index in [4.69, 9.17) is 9.05 Å². The Morgan fingerprint density at radius 1 is 0.574 bits per heavy atom. The van der Waals surface area contributed by atoms with Gasteiger partial charge in [0.1, 0.15) is 13.2 Å². The molecular formula is C52H100N2O6P+. The number of aliphatic hydroxyl groups excluding tert-OH is 1. The molecule has 0 aromatic heterocycles. The number of quaternary nitrogens is 1. The molecule has 0 spiro atoms. The number of carbonyl (C=O) groups excluding carboxylic acids is 1. The van der Waals surface area contributed by atoms with Crippen molar-refractivity contribution in [3.05, 3.63) is 48.6 Å². The van der Waals surface area contributed by atoms with Crippen molar-refractivity contribution in [1.82, 2.24) is 5.32 Å². The summed E-state index contributed by atoms with van der Waals surface area (Å²) in [5.41, 5.74) is 0. The number of nitrogens with one attached hydrogen (secondary N) is 1. The van der Waals surface area contributed by atoms with E-state index in [1.54, 1.807) is 0 Å². The van der Waals surface area contributed by atoms with Gasteiger partial charge in [-0.2, -0.15) is 0 Å². The SMILES string of the molecule is CC/C=C\C/C=C\C/C=C\C/C=C\CCCCCCCCC(=O)NC(COP(=O)(O)OCC[N+](C)(C)C)C(O)CCCCCCCCCCCCCCCCCCCCCC. The molecule has 3 unspecified atom stereocenters. The highest BCUT2D eigenvalue weighted by Gasteiger charge is 2.28. The fourth-order valence-corrected chi connectivity index (χ4v) is 8.07. The largest absolute Gasteiger partial charge is 0.472 e. The summed E-state index contributed by atoms with van der Waals surface area (Å²) < 4.78 is 23.7. The minimum Gasteiger partial charge on any atom is -0.391 e. The van der Waals surface area contributed by atoms with Crippen LogP contribution in [0, 0.1) is 0 Å².